The van der Waals surface area contributed by atoms with Gasteiger partial charge in [-0.1, -0.05) is 41.5 Å². The average Bonchev–Trinajstić information content (AvgIpc) is 2.13. The second-order valence-corrected chi connectivity index (χ2v) is 6.52. The first kappa shape index (κ1) is 13.8. The van der Waals surface area contributed by atoms with E-state index in [4.69, 9.17) is 0 Å². The molecule has 0 unspecified atom stereocenters. The van der Waals surface area contributed by atoms with E-state index < -0.39 is 0 Å². The molecule has 0 aliphatic carbocycles. The smallest absolute Gasteiger partial charge is 0.234 e. The van der Waals surface area contributed by atoms with Crippen LogP contribution in [0.1, 0.15) is 58.2 Å². The molecule has 0 fully saturated rings. The molecular formula is C15H21O2. The minimum atomic E-state index is -0.189. The molecule has 0 aromatic heterocycles. The second kappa shape index (κ2) is 4.17. The summed E-state index contributed by atoms with van der Waals surface area (Å²) in [5.74, 6) is 0.207. The summed E-state index contributed by atoms with van der Waals surface area (Å²) in [6.45, 7) is 12.1. The molecule has 0 atom stereocenters. The van der Waals surface area contributed by atoms with Crippen molar-refractivity contribution < 1.29 is 9.90 Å². The number of hydrogen-bond donors (Lipinski definition) is 1. The van der Waals surface area contributed by atoms with Crippen LogP contribution in [0.25, 0.3) is 0 Å². The van der Waals surface area contributed by atoms with Crippen molar-refractivity contribution in [2.75, 3.05) is 0 Å². The summed E-state index contributed by atoms with van der Waals surface area (Å²) in [5, 5.41) is 9.81. The van der Waals surface area contributed by atoms with E-state index in [-0.39, 0.29) is 16.6 Å². The molecule has 0 aliphatic heterocycles. The highest BCUT2D eigenvalue weighted by molar-refractivity contribution is 5.82. The average molecular weight is 233 g/mol. The van der Waals surface area contributed by atoms with Gasteiger partial charge in [0.25, 0.3) is 0 Å². The quantitative estimate of drug-likeness (QED) is 0.806. The zero-order valence-corrected chi connectivity index (χ0v) is 11.5. The van der Waals surface area contributed by atoms with Crippen LogP contribution in [0.3, 0.4) is 0 Å². The fourth-order valence-corrected chi connectivity index (χ4v) is 1.92. The van der Waals surface area contributed by atoms with Crippen molar-refractivity contribution in [1.82, 2.24) is 0 Å². The lowest BCUT2D eigenvalue weighted by Crippen LogP contribution is -2.20. The fraction of sp³-hybridized carbons (Fsp3) is 0.533. The van der Waals surface area contributed by atoms with Gasteiger partial charge in [0.1, 0.15) is 5.75 Å². The van der Waals surface area contributed by atoms with Gasteiger partial charge in [0, 0.05) is 5.56 Å². The Morgan fingerprint density at radius 3 is 1.53 bits per heavy atom. The highest BCUT2D eigenvalue weighted by Crippen LogP contribution is 2.35. The molecule has 1 rings (SSSR count). The third kappa shape index (κ3) is 2.87. The Hall–Kier alpha value is -1.31. The van der Waals surface area contributed by atoms with E-state index >= 15 is 0 Å². The first-order valence-electron chi connectivity index (χ1n) is 5.83. The Morgan fingerprint density at radius 1 is 0.941 bits per heavy atom. The lowest BCUT2D eigenvalue weighted by atomic mass is 9.76. The normalized spacial score (nSPS) is 12.6. The van der Waals surface area contributed by atoms with Gasteiger partial charge in [0.15, 0.2) is 0 Å². The van der Waals surface area contributed by atoms with Crippen LogP contribution in [0.15, 0.2) is 12.1 Å². The van der Waals surface area contributed by atoms with Crippen LogP contribution in [-0.4, -0.2) is 11.4 Å². The minimum Gasteiger partial charge on any atom is -0.508 e. The van der Waals surface area contributed by atoms with Crippen molar-refractivity contribution in [2.24, 2.45) is 0 Å². The van der Waals surface area contributed by atoms with Crippen LogP contribution < -0.4 is 0 Å². The van der Waals surface area contributed by atoms with Crippen molar-refractivity contribution in [3.8, 4) is 5.75 Å². The van der Waals surface area contributed by atoms with E-state index in [1.807, 2.05) is 47.8 Å². The number of benzene rings is 1. The molecule has 1 aromatic carbocycles. The third-order valence-electron chi connectivity index (χ3n) is 2.84. The maximum atomic E-state index is 11.2. The van der Waals surface area contributed by atoms with E-state index in [2.05, 4.69) is 0 Å². The van der Waals surface area contributed by atoms with E-state index in [0.29, 0.717) is 5.56 Å². The Morgan fingerprint density at radius 2 is 1.29 bits per heavy atom. The summed E-state index contributed by atoms with van der Waals surface area (Å²) in [6, 6.07) is 3.32. The van der Waals surface area contributed by atoms with E-state index in [9.17, 15) is 9.90 Å². The standard InChI is InChI=1S/C15H21O2/c1-14(2,3)12-7-10(17)8-13(11(12)9-16)15(4,5)6/h7-8,17H,1-6H3. The first-order chi connectivity index (χ1) is 7.57. The van der Waals surface area contributed by atoms with Crippen molar-refractivity contribution in [1.29, 1.82) is 0 Å². The molecule has 1 radical (unpaired) electrons. The monoisotopic (exact) mass is 233 g/mol. The van der Waals surface area contributed by atoms with Crippen molar-refractivity contribution in [2.45, 2.75) is 52.4 Å². The molecule has 0 aliphatic rings. The van der Waals surface area contributed by atoms with Gasteiger partial charge in [0.05, 0.1) is 0 Å². The van der Waals surface area contributed by atoms with Crippen LogP contribution in [0.4, 0.5) is 0 Å². The molecule has 1 aromatic rings. The maximum absolute atomic E-state index is 11.2. The summed E-state index contributed by atoms with van der Waals surface area (Å²) in [5.41, 5.74) is 1.90. The topological polar surface area (TPSA) is 37.3 Å². The van der Waals surface area contributed by atoms with Gasteiger partial charge in [-0.2, -0.15) is 0 Å². The van der Waals surface area contributed by atoms with Crippen LogP contribution in [0.2, 0.25) is 0 Å². The molecule has 0 spiro atoms. The van der Waals surface area contributed by atoms with Gasteiger partial charge < -0.3 is 5.11 Å². The van der Waals surface area contributed by atoms with Crippen LogP contribution in [0, 0.1) is 0 Å². The minimum absolute atomic E-state index is 0.189. The molecule has 0 amide bonds. The Bertz CT molecular complexity index is 396. The van der Waals surface area contributed by atoms with E-state index in [1.165, 1.54) is 0 Å². The summed E-state index contributed by atoms with van der Waals surface area (Å²) in [6.07, 6.45) is 2.04. The van der Waals surface area contributed by atoms with Crippen molar-refractivity contribution >= 4 is 6.29 Å². The Balaban J connectivity index is 3.64. The highest BCUT2D eigenvalue weighted by atomic mass is 16.3. The largest absolute Gasteiger partial charge is 0.508 e. The SMILES string of the molecule is CC(C)(C)c1cc(O)cc(C(C)(C)C)c1[C]=O. The molecule has 93 valence electrons. The summed E-state index contributed by atoms with van der Waals surface area (Å²) in [7, 11) is 0. The van der Waals surface area contributed by atoms with Gasteiger partial charge in [-0.05, 0) is 34.1 Å². The molecule has 0 saturated heterocycles. The van der Waals surface area contributed by atoms with Crippen LogP contribution >= 0.6 is 0 Å². The number of hydrogen-bond acceptors (Lipinski definition) is 2. The molecular weight excluding hydrogens is 212 g/mol. The fourth-order valence-electron chi connectivity index (χ4n) is 1.92. The number of carbonyl (C=O) groups excluding carboxylic acids is 1. The molecule has 17 heavy (non-hydrogen) atoms. The van der Waals surface area contributed by atoms with Crippen LogP contribution in [0.5, 0.6) is 5.75 Å². The number of aromatic hydroxyl groups is 1. The summed E-state index contributed by atoms with van der Waals surface area (Å²) in [4.78, 5) is 11.2. The van der Waals surface area contributed by atoms with Gasteiger partial charge in [0.2, 0.25) is 6.29 Å². The number of phenolic OH excluding ortho intramolecular Hbond substituents is 1. The number of phenols is 1. The van der Waals surface area contributed by atoms with E-state index in [1.54, 1.807) is 12.1 Å². The van der Waals surface area contributed by atoms with Gasteiger partial charge >= 0.3 is 0 Å². The molecule has 2 heteroatoms. The predicted octanol–water partition coefficient (Wildman–Crippen LogP) is 3.45. The number of rotatable bonds is 1. The van der Waals surface area contributed by atoms with Crippen molar-refractivity contribution in [3.63, 3.8) is 0 Å². The van der Waals surface area contributed by atoms with Gasteiger partial charge in [-0.25, -0.2) is 0 Å². The lowest BCUT2D eigenvalue weighted by molar-refractivity contribution is 0.465. The van der Waals surface area contributed by atoms with E-state index in [0.717, 1.165) is 11.1 Å². The molecule has 0 heterocycles. The van der Waals surface area contributed by atoms with Gasteiger partial charge in [-0.15, -0.1) is 0 Å². The third-order valence-corrected chi connectivity index (χ3v) is 2.84. The first-order valence-corrected chi connectivity index (χ1v) is 5.83. The highest BCUT2D eigenvalue weighted by Gasteiger charge is 2.26. The van der Waals surface area contributed by atoms with Crippen molar-refractivity contribution in [3.05, 3.63) is 28.8 Å². The molecule has 0 bridgehead atoms. The van der Waals surface area contributed by atoms with Gasteiger partial charge in [-0.3, -0.25) is 4.79 Å². The zero-order valence-electron chi connectivity index (χ0n) is 11.5. The lowest BCUT2D eigenvalue weighted by Gasteiger charge is -2.27. The Labute approximate surface area is 104 Å². The summed E-state index contributed by atoms with van der Waals surface area (Å²) < 4.78 is 0. The predicted molar refractivity (Wildman–Crippen MR) is 70.3 cm³/mol. The zero-order chi connectivity index (χ0) is 13.4. The maximum Gasteiger partial charge on any atom is 0.234 e. The van der Waals surface area contributed by atoms with Crippen LogP contribution in [-0.2, 0) is 15.6 Å². The summed E-state index contributed by atoms with van der Waals surface area (Å²) >= 11 is 0. The molecule has 0 saturated carbocycles. The molecule has 2 nitrogen and oxygen atoms in total. The molecule has 1 N–H and O–H groups in total. The second-order valence-electron chi connectivity index (χ2n) is 6.52. The Kier molecular flexibility index (Phi) is 3.37.